The summed E-state index contributed by atoms with van der Waals surface area (Å²) < 4.78 is 25.8. The van der Waals surface area contributed by atoms with Gasteiger partial charge in [-0.1, -0.05) is 12.1 Å². The summed E-state index contributed by atoms with van der Waals surface area (Å²) in [4.78, 5) is 7.31. The Labute approximate surface area is 115 Å². The maximum absolute atomic E-state index is 13.6. The highest BCUT2D eigenvalue weighted by Gasteiger charge is 2.17. The van der Waals surface area contributed by atoms with E-state index < -0.39 is 13.0 Å². The predicted molar refractivity (Wildman–Crippen MR) is 75.8 cm³/mol. The number of hydrogen-bond donors (Lipinski definition) is 1. The lowest BCUT2D eigenvalue weighted by Gasteiger charge is -2.14. The first-order valence-electron chi connectivity index (χ1n) is 5.47. The summed E-state index contributed by atoms with van der Waals surface area (Å²) in [6, 6.07) is 7.00. The SMILES string of the molecule is CP(C)(=O)c1ccccc1Nc1nc(Cl)ncc1F. The Morgan fingerprint density at radius 1 is 1.32 bits per heavy atom. The Hall–Kier alpha value is -1.45. The maximum atomic E-state index is 13.6. The standard InChI is InChI=1S/C12H12ClFN3OP/c1-19(2,18)10-6-4-3-5-9(10)16-11-8(14)7-15-12(13)17-11/h3-7H,1-2H3,(H,15,16,17). The molecular formula is C12H12ClFN3OP. The molecule has 0 saturated heterocycles. The molecule has 0 bridgehead atoms. The molecule has 19 heavy (non-hydrogen) atoms. The van der Waals surface area contributed by atoms with Gasteiger partial charge in [-0.2, -0.15) is 4.98 Å². The Kier molecular flexibility index (Phi) is 3.88. The van der Waals surface area contributed by atoms with E-state index in [0.29, 0.717) is 11.0 Å². The lowest BCUT2D eigenvalue weighted by atomic mass is 10.3. The van der Waals surface area contributed by atoms with E-state index in [0.717, 1.165) is 6.20 Å². The van der Waals surface area contributed by atoms with Crippen molar-refractivity contribution in [2.24, 2.45) is 0 Å². The van der Waals surface area contributed by atoms with E-state index in [1.807, 2.05) is 0 Å². The third kappa shape index (κ3) is 3.31. The maximum Gasteiger partial charge on any atom is 0.224 e. The van der Waals surface area contributed by atoms with Crippen LogP contribution in [0.15, 0.2) is 30.5 Å². The van der Waals surface area contributed by atoms with Gasteiger partial charge in [-0.3, -0.25) is 0 Å². The second kappa shape index (κ2) is 5.27. The van der Waals surface area contributed by atoms with Crippen LogP contribution >= 0.6 is 18.7 Å². The first-order valence-corrected chi connectivity index (χ1v) is 8.45. The zero-order valence-electron chi connectivity index (χ0n) is 10.4. The monoisotopic (exact) mass is 299 g/mol. The zero-order valence-corrected chi connectivity index (χ0v) is 12.0. The summed E-state index contributed by atoms with van der Waals surface area (Å²) >= 11 is 5.63. The van der Waals surface area contributed by atoms with Crippen LogP contribution in [0.1, 0.15) is 0 Å². The number of benzene rings is 1. The molecule has 0 fully saturated rings. The summed E-state index contributed by atoms with van der Waals surface area (Å²) in [5.74, 6) is -0.665. The topological polar surface area (TPSA) is 54.9 Å². The first-order chi connectivity index (χ1) is 8.88. The molecule has 1 aromatic heterocycles. The summed E-state index contributed by atoms with van der Waals surface area (Å²) in [5.41, 5.74) is 0.546. The molecule has 4 nitrogen and oxygen atoms in total. The summed E-state index contributed by atoms with van der Waals surface area (Å²) in [7, 11) is -2.48. The lowest BCUT2D eigenvalue weighted by molar-refractivity contribution is 0.588. The fourth-order valence-corrected chi connectivity index (χ4v) is 2.90. The highest BCUT2D eigenvalue weighted by atomic mass is 35.5. The summed E-state index contributed by atoms with van der Waals surface area (Å²) in [6.45, 7) is 3.30. The Bertz CT molecular complexity index is 659. The molecule has 2 aromatic rings. The van der Waals surface area contributed by atoms with E-state index in [-0.39, 0.29) is 11.1 Å². The van der Waals surface area contributed by atoms with Crippen LogP contribution in [0.3, 0.4) is 0 Å². The van der Waals surface area contributed by atoms with E-state index in [9.17, 15) is 8.96 Å². The largest absolute Gasteiger partial charge is 0.337 e. The van der Waals surface area contributed by atoms with Gasteiger partial charge >= 0.3 is 0 Å². The minimum Gasteiger partial charge on any atom is -0.337 e. The van der Waals surface area contributed by atoms with Crippen LogP contribution in [0.25, 0.3) is 0 Å². The van der Waals surface area contributed by atoms with Gasteiger partial charge in [0.1, 0.15) is 7.14 Å². The van der Waals surface area contributed by atoms with E-state index >= 15 is 0 Å². The molecule has 0 saturated carbocycles. The number of aromatic nitrogens is 2. The van der Waals surface area contributed by atoms with Crippen molar-refractivity contribution in [3.8, 4) is 0 Å². The molecule has 7 heteroatoms. The molecule has 0 radical (unpaired) electrons. The van der Waals surface area contributed by atoms with Crippen LogP contribution in [0.2, 0.25) is 5.28 Å². The van der Waals surface area contributed by atoms with Gasteiger partial charge in [-0.25, -0.2) is 9.37 Å². The first kappa shape index (κ1) is 14.0. The summed E-state index contributed by atoms with van der Waals surface area (Å²) in [6.07, 6.45) is 0.984. The molecule has 0 aliphatic rings. The molecule has 0 unspecified atom stereocenters. The van der Waals surface area contributed by atoms with Gasteiger partial charge in [-0.05, 0) is 37.1 Å². The Morgan fingerprint density at radius 2 is 2.00 bits per heavy atom. The minimum absolute atomic E-state index is 0.0408. The van der Waals surface area contributed by atoms with Crippen LogP contribution in [0, 0.1) is 5.82 Å². The van der Waals surface area contributed by atoms with Crippen LogP contribution < -0.4 is 10.6 Å². The average Bonchev–Trinajstić information content (AvgIpc) is 2.33. The van der Waals surface area contributed by atoms with Crippen molar-refractivity contribution >= 4 is 35.6 Å². The smallest absolute Gasteiger partial charge is 0.224 e. The molecule has 0 amide bonds. The third-order valence-electron chi connectivity index (χ3n) is 2.45. The Morgan fingerprint density at radius 3 is 2.68 bits per heavy atom. The van der Waals surface area contributed by atoms with Crippen molar-refractivity contribution in [3.63, 3.8) is 0 Å². The average molecular weight is 300 g/mol. The molecular weight excluding hydrogens is 288 g/mol. The molecule has 1 aromatic carbocycles. The van der Waals surface area contributed by atoms with Crippen molar-refractivity contribution in [1.29, 1.82) is 0 Å². The van der Waals surface area contributed by atoms with Crippen molar-refractivity contribution in [3.05, 3.63) is 41.6 Å². The van der Waals surface area contributed by atoms with Gasteiger partial charge in [0.05, 0.1) is 11.9 Å². The molecule has 1 heterocycles. The number of halogens is 2. The summed E-state index contributed by atoms with van der Waals surface area (Å²) in [5, 5.41) is 3.38. The Balaban J connectivity index is 2.44. The van der Waals surface area contributed by atoms with Crippen molar-refractivity contribution in [1.82, 2.24) is 9.97 Å². The highest BCUT2D eigenvalue weighted by Crippen LogP contribution is 2.38. The van der Waals surface area contributed by atoms with Crippen LogP contribution in [-0.4, -0.2) is 23.3 Å². The molecule has 0 spiro atoms. The molecule has 1 N–H and O–H groups in total. The highest BCUT2D eigenvalue weighted by molar-refractivity contribution is 7.70. The molecule has 0 aliphatic heterocycles. The van der Waals surface area contributed by atoms with E-state index in [1.54, 1.807) is 37.6 Å². The van der Waals surface area contributed by atoms with Gasteiger partial charge in [0.25, 0.3) is 0 Å². The van der Waals surface area contributed by atoms with Gasteiger partial charge in [0.2, 0.25) is 5.28 Å². The number of rotatable bonds is 3. The van der Waals surface area contributed by atoms with Crippen LogP contribution in [0.4, 0.5) is 15.9 Å². The van der Waals surface area contributed by atoms with Crippen molar-refractivity contribution in [2.45, 2.75) is 0 Å². The van der Waals surface area contributed by atoms with Crippen molar-refractivity contribution in [2.75, 3.05) is 18.6 Å². The van der Waals surface area contributed by atoms with E-state index in [2.05, 4.69) is 15.3 Å². The van der Waals surface area contributed by atoms with Crippen molar-refractivity contribution < 1.29 is 8.96 Å². The number of nitrogens with zero attached hydrogens (tertiary/aromatic N) is 2. The minimum atomic E-state index is -2.48. The zero-order chi connectivity index (χ0) is 14.0. The number of hydrogen-bond acceptors (Lipinski definition) is 4. The lowest BCUT2D eigenvalue weighted by Crippen LogP contribution is -2.11. The quantitative estimate of drug-likeness (QED) is 0.698. The van der Waals surface area contributed by atoms with E-state index in [1.165, 1.54) is 0 Å². The van der Waals surface area contributed by atoms with Gasteiger partial charge in [-0.15, -0.1) is 0 Å². The normalized spacial score (nSPS) is 11.4. The predicted octanol–water partition coefficient (Wildman–Crippen LogP) is 3.26. The van der Waals surface area contributed by atoms with E-state index in [4.69, 9.17) is 11.6 Å². The van der Waals surface area contributed by atoms with Crippen LogP contribution in [0.5, 0.6) is 0 Å². The second-order valence-electron chi connectivity index (χ2n) is 4.33. The molecule has 100 valence electrons. The number of nitrogens with one attached hydrogen (secondary N) is 1. The van der Waals surface area contributed by atoms with Gasteiger partial charge < -0.3 is 9.88 Å². The molecule has 2 rings (SSSR count). The fraction of sp³-hybridized carbons (Fsp3) is 0.167. The number of para-hydroxylation sites is 1. The van der Waals surface area contributed by atoms with Gasteiger partial charge in [0, 0.05) is 5.30 Å². The van der Waals surface area contributed by atoms with Crippen LogP contribution in [-0.2, 0) is 4.57 Å². The molecule has 0 aliphatic carbocycles. The van der Waals surface area contributed by atoms with Gasteiger partial charge in [0.15, 0.2) is 11.6 Å². The molecule has 0 atom stereocenters. The number of anilines is 2. The second-order valence-corrected chi connectivity index (χ2v) is 7.85. The fourth-order valence-electron chi connectivity index (χ4n) is 1.61. The third-order valence-corrected chi connectivity index (χ3v) is 4.18.